The second-order valence-electron chi connectivity index (χ2n) is 11.9. The summed E-state index contributed by atoms with van der Waals surface area (Å²) in [6.07, 6.45) is -0.493. The Bertz CT molecular complexity index is 1400. The van der Waals surface area contributed by atoms with E-state index in [9.17, 15) is 14.4 Å². The van der Waals surface area contributed by atoms with Crippen molar-refractivity contribution in [2.24, 2.45) is 0 Å². The lowest BCUT2D eigenvalue weighted by Crippen LogP contribution is -2.55. The van der Waals surface area contributed by atoms with Gasteiger partial charge in [-0.1, -0.05) is 77.8 Å². The van der Waals surface area contributed by atoms with Gasteiger partial charge in [0.25, 0.3) is 5.91 Å². The first-order valence-corrected chi connectivity index (χ1v) is 14.5. The number of para-hydroxylation sites is 1. The SMILES string of the molecule is Cc1ccc(C)c(C(C(=O)Nc2c(C)cccc2Cl)N(C(=O)C(Cc2ccccc2)NC(=O)OC(C)(C)C)C(C)C)c1. The third kappa shape index (κ3) is 8.58. The van der Waals surface area contributed by atoms with E-state index in [-0.39, 0.29) is 6.42 Å². The summed E-state index contributed by atoms with van der Waals surface area (Å²) in [4.78, 5) is 43.3. The van der Waals surface area contributed by atoms with Crippen LogP contribution in [0.25, 0.3) is 0 Å². The van der Waals surface area contributed by atoms with Crippen molar-refractivity contribution < 1.29 is 19.1 Å². The molecule has 8 heteroatoms. The molecule has 0 aromatic heterocycles. The van der Waals surface area contributed by atoms with Crippen molar-refractivity contribution >= 4 is 35.2 Å². The molecule has 0 aliphatic carbocycles. The number of hydrogen-bond donors (Lipinski definition) is 2. The quantitative estimate of drug-likeness (QED) is 0.273. The van der Waals surface area contributed by atoms with Gasteiger partial charge in [-0.05, 0) is 83.7 Å². The van der Waals surface area contributed by atoms with Crippen LogP contribution in [-0.2, 0) is 20.7 Å². The molecule has 0 saturated carbocycles. The maximum atomic E-state index is 14.5. The molecule has 7 nitrogen and oxygen atoms in total. The van der Waals surface area contributed by atoms with Gasteiger partial charge in [-0.3, -0.25) is 9.59 Å². The maximum Gasteiger partial charge on any atom is 0.408 e. The predicted octanol–water partition coefficient (Wildman–Crippen LogP) is 7.32. The topological polar surface area (TPSA) is 87.7 Å². The zero-order valence-electron chi connectivity index (χ0n) is 25.7. The highest BCUT2D eigenvalue weighted by molar-refractivity contribution is 6.34. The summed E-state index contributed by atoms with van der Waals surface area (Å²) in [7, 11) is 0. The van der Waals surface area contributed by atoms with Crippen LogP contribution in [-0.4, -0.2) is 40.5 Å². The maximum absolute atomic E-state index is 14.5. The Morgan fingerprint density at radius 1 is 0.905 bits per heavy atom. The van der Waals surface area contributed by atoms with Crippen LogP contribution in [0.2, 0.25) is 5.02 Å². The molecule has 0 heterocycles. The lowest BCUT2D eigenvalue weighted by Gasteiger charge is -2.38. The number of nitrogens with one attached hydrogen (secondary N) is 2. The third-order valence-electron chi connectivity index (χ3n) is 6.81. The molecular formula is C34H42ClN3O4. The molecule has 3 aromatic rings. The lowest BCUT2D eigenvalue weighted by molar-refractivity contribution is -0.142. The fourth-order valence-electron chi connectivity index (χ4n) is 4.81. The third-order valence-corrected chi connectivity index (χ3v) is 7.12. The number of hydrogen-bond acceptors (Lipinski definition) is 4. The van der Waals surface area contributed by atoms with Crippen LogP contribution in [0.15, 0.2) is 66.7 Å². The first-order chi connectivity index (χ1) is 19.7. The van der Waals surface area contributed by atoms with E-state index in [1.807, 2.05) is 95.3 Å². The van der Waals surface area contributed by atoms with Gasteiger partial charge >= 0.3 is 6.09 Å². The normalized spacial score (nSPS) is 12.8. The van der Waals surface area contributed by atoms with Crippen LogP contribution in [0.3, 0.4) is 0 Å². The number of benzene rings is 3. The molecule has 0 aliphatic heterocycles. The number of carbonyl (C=O) groups is 3. The van der Waals surface area contributed by atoms with Crippen molar-refractivity contribution in [3.8, 4) is 0 Å². The molecule has 2 unspecified atom stereocenters. The average Bonchev–Trinajstić information content (AvgIpc) is 2.89. The summed E-state index contributed by atoms with van der Waals surface area (Å²) in [5.41, 5.74) is 3.89. The Balaban J connectivity index is 2.12. The van der Waals surface area contributed by atoms with Crippen LogP contribution < -0.4 is 10.6 Å². The highest BCUT2D eigenvalue weighted by Crippen LogP contribution is 2.32. The molecule has 0 radical (unpaired) electrons. The van der Waals surface area contributed by atoms with Gasteiger partial charge in [0, 0.05) is 12.5 Å². The highest BCUT2D eigenvalue weighted by atomic mass is 35.5. The Morgan fingerprint density at radius 2 is 1.57 bits per heavy atom. The number of nitrogens with zero attached hydrogens (tertiary/aromatic N) is 1. The van der Waals surface area contributed by atoms with Crippen LogP contribution in [0.1, 0.15) is 68.5 Å². The summed E-state index contributed by atoms with van der Waals surface area (Å²) < 4.78 is 5.51. The number of anilines is 1. The molecule has 0 bridgehead atoms. The molecule has 3 amide bonds. The summed E-state index contributed by atoms with van der Waals surface area (Å²) in [5.74, 6) is -0.811. The Hall–Kier alpha value is -3.84. The Labute approximate surface area is 254 Å². The molecule has 42 heavy (non-hydrogen) atoms. The smallest absolute Gasteiger partial charge is 0.408 e. The number of rotatable bonds is 9. The first kappa shape index (κ1) is 32.7. The summed E-state index contributed by atoms with van der Waals surface area (Å²) >= 11 is 6.48. The fourth-order valence-corrected chi connectivity index (χ4v) is 5.08. The van der Waals surface area contributed by atoms with Crippen molar-refractivity contribution in [2.45, 2.75) is 85.5 Å². The van der Waals surface area contributed by atoms with Crippen molar-refractivity contribution in [3.63, 3.8) is 0 Å². The van der Waals surface area contributed by atoms with Gasteiger partial charge in [-0.25, -0.2) is 4.79 Å². The van der Waals surface area contributed by atoms with Gasteiger partial charge in [-0.15, -0.1) is 0 Å². The monoisotopic (exact) mass is 591 g/mol. The van der Waals surface area contributed by atoms with Gasteiger partial charge in [0.15, 0.2) is 0 Å². The van der Waals surface area contributed by atoms with Crippen LogP contribution >= 0.6 is 11.6 Å². The van der Waals surface area contributed by atoms with Crippen LogP contribution in [0.4, 0.5) is 10.5 Å². The highest BCUT2D eigenvalue weighted by Gasteiger charge is 2.39. The molecule has 0 spiro atoms. The molecule has 3 aromatic carbocycles. The van der Waals surface area contributed by atoms with E-state index >= 15 is 0 Å². The van der Waals surface area contributed by atoms with E-state index in [1.54, 1.807) is 31.7 Å². The number of halogens is 1. The van der Waals surface area contributed by atoms with Crippen LogP contribution in [0.5, 0.6) is 0 Å². The second-order valence-corrected chi connectivity index (χ2v) is 12.3. The minimum Gasteiger partial charge on any atom is -0.444 e. The zero-order chi connectivity index (χ0) is 31.2. The lowest BCUT2D eigenvalue weighted by atomic mass is 9.94. The molecule has 2 atom stereocenters. The standard InChI is InChI=1S/C34H42ClN3O4/c1-21(2)38(32(40)28(20-25-14-10-9-11-15-25)36-33(41)42-34(6,7)8)30(26-19-22(3)17-18-23(26)4)31(39)37-29-24(5)13-12-16-27(29)35/h9-19,21,28,30H,20H2,1-8H3,(H,36,41)(H,37,39). The molecule has 0 fully saturated rings. The second kappa shape index (κ2) is 13.9. The van der Waals surface area contributed by atoms with Gasteiger partial charge in [0.1, 0.15) is 17.7 Å². The van der Waals surface area contributed by atoms with Crippen LogP contribution in [0, 0.1) is 20.8 Å². The van der Waals surface area contributed by atoms with Gasteiger partial charge in [0.2, 0.25) is 5.91 Å². The Morgan fingerprint density at radius 3 is 2.17 bits per heavy atom. The van der Waals surface area contributed by atoms with E-state index < -0.39 is 41.6 Å². The largest absolute Gasteiger partial charge is 0.444 e. The summed E-state index contributed by atoms with van der Waals surface area (Å²) in [6, 6.07) is 18.3. The minimum atomic E-state index is -1.01. The first-order valence-electron chi connectivity index (χ1n) is 14.2. The van der Waals surface area contributed by atoms with E-state index in [4.69, 9.17) is 16.3 Å². The molecule has 2 N–H and O–H groups in total. The van der Waals surface area contributed by atoms with Gasteiger partial charge in [-0.2, -0.15) is 0 Å². The number of amides is 3. The number of alkyl carbamates (subject to hydrolysis) is 1. The van der Waals surface area contributed by atoms with Crippen molar-refractivity contribution in [2.75, 3.05) is 5.32 Å². The predicted molar refractivity (Wildman–Crippen MR) is 169 cm³/mol. The molecule has 0 aliphatic rings. The van der Waals surface area contributed by atoms with Crippen molar-refractivity contribution in [3.05, 3.63) is 99.6 Å². The Kier molecular flexibility index (Phi) is 10.8. The molecule has 3 rings (SSSR count). The van der Waals surface area contributed by atoms with E-state index in [0.717, 1.165) is 22.3 Å². The van der Waals surface area contributed by atoms with Crippen molar-refractivity contribution in [1.82, 2.24) is 10.2 Å². The van der Waals surface area contributed by atoms with E-state index in [2.05, 4.69) is 10.6 Å². The van der Waals surface area contributed by atoms with E-state index in [0.29, 0.717) is 16.3 Å². The zero-order valence-corrected chi connectivity index (χ0v) is 26.5. The average molecular weight is 592 g/mol. The van der Waals surface area contributed by atoms with E-state index in [1.165, 1.54) is 0 Å². The summed E-state index contributed by atoms with van der Waals surface area (Å²) in [6.45, 7) is 14.7. The molecule has 224 valence electrons. The number of aryl methyl sites for hydroxylation is 3. The number of carbonyl (C=O) groups excluding carboxylic acids is 3. The number of ether oxygens (including phenoxy) is 1. The fraction of sp³-hybridized carbons (Fsp3) is 0.382. The minimum absolute atomic E-state index is 0.215. The van der Waals surface area contributed by atoms with Gasteiger partial charge < -0.3 is 20.3 Å². The van der Waals surface area contributed by atoms with Gasteiger partial charge in [0.05, 0.1) is 10.7 Å². The molecule has 0 saturated heterocycles. The summed E-state index contributed by atoms with van der Waals surface area (Å²) in [5, 5.41) is 6.19. The van der Waals surface area contributed by atoms with Crippen molar-refractivity contribution in [1.29, 1.82) is 0 Å². The molecular weight excluding hydrogens is 550 g/mol.